The van der Waals surface area contributed by atoms with Crippen LogP contribution in [0.2, 0.25) is 0 Å². The van der Waals surface area contributed by atoms with E-state index in [-0.39, 0.29) is 5.41 Å². The van der Waals surface area contributed by atoms with E-state index in [0.717, 1.165) is 25.9 Å². The third kappa shape index (κ3) is 2.32. The van der Waals surface area contributed by atoms with Crippen LogP contribution in [-0.4, -0.2) is 30.1 Å². The quantitative estimate of drug-likeness (QED) is 0.901. The van der Waals surface area contributed by atoms with Gasteiger partial charge in [0.1, 0.15) is 5.75 Å². The lowest BCUT2D eigenvalue weighted by Gasteiger charge is -2.41. The summed E-state index contributed by atoms with van der Waals surface area (Å²) in [4.78, 5) is 2.38. The summed E-state index contributed by atoms with van der Waals surface area (Å²) < 4.78 is 0. The standard InChI is InChI=1S/C18H21NO/c1-19-12-10-18(11-13-19,15-6-3-2-4-7-15)16-8-5-9-17(20)14-16/h2-9,14,20H,10-13H2,1H3. The summed E-state index contributed by atoms with van der Waals surface area (Å²) in [6, 6.07) is 18.5. The first-order chi connectivity index (χ1) is 9.71. The second-order valence-corrected chi connectivity index (χ2v) is 5.80. The van der Waals surface area contributed by atoms with Crippen molar-refractivity contribution in [2.45, 2.75) is 18.3 Å². The van der Waals surface area contributed by atoms with Gasteiger partial charge in [-0.15, -0.1) is 0 Å². The van der Waals surface area contributed by atoms with Crippen LogP contribution in [0.15, 0.2) is 54.6 Å². The highest BCUT2D eigenvalue weighted by atomic mass is 16.3. The maximum Gasteiger partial charge on any atom is 0.115 e. The average molecular weight is 267 g/mol. The van der Waals surface area contributed by atoms with E-state index in [2.05, 4.69) is 48.3 Å². The first kappa shape index (κ1) is 13.2. The van der Waals surface area contributed by atoms with Crippen molar-refractivity contribution in [2.75, 3.05) is 20.1 Å². The molecule has 3 rings (SSSR count). The molecule has 0 spiro atoms. The number of phenols is 1. The van der Waals surface area contributed by atoms with Crippen molar-refractivity contribution < 1.29 is 5.11 Å². The van der Waals surface area contributed by atoms with E-state index >= 15 is 0 Å². The molecule has 104 valence electrons. The number of likely N-dealkylation sites (tertiary alicyclic amines) is 1. The molecule has 1 aliphatic rings. The molecule has 0 unspecified atom stereocenters. The Morgan fingerprint density at radius 1 is 0.900 bits per heavy atom. The number of benzene rings is 2. The van der Waals surface area contributed by atoms with Crippen molar-refractivity contribution in [3.8, 4) is 5.75 Å². The first-order valence-electron chi connectivity index (χ1n) is 7.24. The van der Waals surface area contributed by atoms with Gasteiger partial charge in [0.2, 0.25) is 0 Å². The number of hydrogen-bond donors (Lipinski definition) is 1. The van der Waals surface area contributed by atoms with Gasteiger partial charge in [0.25, 0.3) is 0 Å². The van der Waals surface area contributed by atoms with Crippen LogP contribution in [0.5, 0.6) is 5.75 Å². The fourth-order valence-electron chi connectivity index (χ4n) is 3.31. The second kappa shape index (κ2) is 5.29. The Hall–Kier alpha value is -1.80. The lowest BCUT2D eigenvalue weighted by Crippen LogP contribution is -2.41. The molecule has 2 aromatic rings. The summed E-state index contributed by atoms with van der Waals surface area (Å²) in [5, 5.41) is 9.85. The van der Waals surface area contributed by atoms with Gasteiger partial charge in [0.05, 0.1) is 0 Å². The molecule has 0 aliphatic carbocycles. The van der Waals surface area contributed by atoms with Crippen LogP contribution in [0, 0.1) is 0 Å². The maximum atomic E-state index is 9.85. The van der Waals surface area contributed by atoms with Gasteiger partial charge in [0, 0.05) is 5.41 Å². The molecule has 0 atom stereocenters. The Bertz CT molecular complexity index is 571. The summed E-state index contributed by atoms with van der Waals surface area (Å²) in [7, 11) is 2.18. The van der Waals surface area contributed by atoms with Gasteiger partial charge in [-0.25, -0.2) is 0 Å². The number of rotatable bonds is 2. The smallest absolute Gasteiger partial charge is 0.115 e. The number of hydrogen-bond acceptors (Lipinski definition) is 2. The fourth-order valence-corrected chi connectivity index (χ4v) is 3.31. The van der Waals surface area contributed by atoms with Crippen LogP contribution in [0.4, 0.5) is 0 Å². The van der Waals surface area contributed by atoms with Gasteiger partial charge in [-0.1, -0.05) is 42.5 Å². The number of phenolic OH excluding ortho intramolecular Hbond substituents is 1. The highest BCUT2D eigenvalue weighted by Gasteiger charge is 2.37. The Labute approximate surface area is 120 Å². The van der Waals surface area contributed by atoms with E-state index in [1.807, 2.05) is 12.1 Å². The van der Waals surface area contributed by atoms with Gasteiger partial charge >= 0.3 is 0 Å². The minimum atomic E-state index is 0.0342. The van der Waals surface area contributed by atoms with E-state index in [4.69, 9.17) is 0 Å². The molecule has 1 aliphatic heterocycles. The van der Waals surface area contributed by atoms with E-state index in [1.165, 1.54) is 11.1 Å². The van der Waals surface area contributed by atoms with Gasteiger partial charge in [-0.3, -0.25) is 0 Å². The Kier molecular flexibility index (Phi) is 3.49. The highest BCUT2D eigenvalue weighted by Crippen LogP contribution is 2.42. The lowest BCUT2D eigenvalue weighted by molar-refractivity contribution is 0.213. The zero-order valence-corrected chi connectivity index (χ0v) is 11.9. The summed E-state index contributed by atoms with van der Waals surface area (Å²) in [5.41, 5.74) is 2.63. The van der Waals surface area contributed by atoms with Crippen LogP contribution >= 0.6 is 0 Å². The van der Waals surface area contributed by atoms with Crippen molar-refractivity contribution in [1.29, 1.82) is 0 Å². The van der Waals surface area contributed by atoms with E-state index < -0.39 is 0 Å². The molecule has 0 amide bonds. The third-order valence-electron chi connectivity index (χ3n) is 4.57. The predicted molar refractivity (Wildman–Crippen MR) is 82.1 cm³/mol. The van der Waals surface area contributed by atoms with E-state index in [9.17, 15) is 5.11 Å². The number of piperidine rings is 1. The SMILES string of the molecule is CN1CCC(c2ccccc2)(c2cccc(O)c2)CC1. The zero-order chi connectivity index (χ0) is 14.0. The minimum absolute atomic E-state index is 0.0342. The summed E-state index contributed by atoms with van der Waals surface area (Å²) in [6.45, 7) is 2.18. The summed E-state index contributed by atoms with van der Waals surface area (Å²) in [5.74, 6) is 0.358. The fraction of sp³-hybridized carbons (Fsp3) is 0.333. The molecule has 0 radical (unpaired) electrons. The normalized spacial score (nSPS) is 18.9. The average Bonchev–Trinajstić information content (AvgIpc) is 2.49. The predicted octanol–water partition coefficient (Wildman–Crippen LogP) is 3.40. The number of nitrogens with zero attached hydrogens (tertiary/aromatic N) is 1. The molecule has 0 saturated carbocycles. The molecule has 2 aromatic carbocycles. The molecular formula is C18H21NO. The first-order valence-corrected chi connectivity index (χ1v) is 7.24. The summed E-state index contributed by atoms with van der Waals surface area (Å²) in [6.07, 6.45) is 2.19. The van der Waals surface area contributed by atoms with Gasteiger partial charge in [-0.2, -0.15) is 0 Å². The van der Waals surface area contributed by atoms with Crippen molar-refractivity contribution in [1.82, 2.24) is 4.90 Å². The van der Waals surface area contributed by atoms with Crippen LogP contribution in [-0.2, 0) is 5.41 Å². The molecule has 1 saturated heterocycles. The topological polar surface area (TPSA) is 23.5 Å². The molecule has 20 heavy (non-hydrogen) atoms. The van der Waals surface area contributed by atoms with Crippen LogP contribution in [0.3, 0.4) is 0 Å². The molecular weight excluding hydrogens is 246 g/mol. The van der Waals surface area contributed by atoms with Gasteiger partial charge in [0.15, 0.2) is 0 Å². The second-order valence-electron chi connectivity index (χ2n) is 5.80. The Balaban J connectivity index is 2.09. The van der Waals surface area contributed by atoms with Crippen molar-refractivity contribution in [3.63, 3.8) is 0 Å². The van der Waals surface area contributed by atoms with E-state index in [0.29, 0.717) is 5.75 Å². The maximum absolute atomic E-state index is 9.85. The molecule has 2 nitrogen and oxygen atoms in total. The molecule has 0 bridgehead atoms. The molecule has 1 fully saturated rings. The largest absolute Gasteiger partial charge is 0.508 e. The van der Waals surface area contributed by atoms with Crippen LogP contribution in [0.1, 0.15) is 24.0 Å². The lowest BCUT2D eigenvalue weighted by atomic mass is 9.68. The minimum Gasteiger partial charge on any atom is -0.508 e. The molecule has 2 heteroatoms. The molecule has 1 heterocycles. The van der Waals surface area contributed by atoms with Crippen molar-refractivity contribution in [2.24, 2.45) is 0 Å². The van der Waals surface area contributed by atoms with Gasteiger partial charge in [-0.05, 0) is 56.2 Å². The summed E-state index contributed by atoms with van der Waals surface area (Å²) >= 11 is 0. The molecule has 0 aromatic heterocycles. The van der Waals surface area contributed by atoms with Crippen molar-refractivity contribution >= 4 is 0 Å². The monoisotopic (exact) mass is 267 g/mol. The van der Waals surface area contributed by atoms with Crippen LogP contribution < -0.4 is 0 Å². The number of aromatic hydroxyl groups is 1. The van der Waals surface area contributed by atoms with Crippen molar-refractivity contribution in [3.05, 3.63) is 65.7 Å². The Morgan fingerprint density at radius 3 is 2.20 bits per heavy atom. The van der Waals surface area contributed by atoms with E-state index in [1.54, 1.807) is 6.07 Å². The van der Waals surface area contributed by atoms with Gasteiger partial charge < -0.3 is 10.0 Å². The Morgan fingerprint density at radius 2 is 1.55 bits per heavy atom. The highest BCUT2D eigenvalue weighted by molar-refractivity contribution is 5.42. The zero-order valence-electron chi connectivity index (χ0n) is 11.9. The van der Waals surface area contributed by atoms with Crippen LogP contribution in [0.25, 0.3) is 0 Å². The third-order valence-corrected chi connectivity index (χ3v) is 4.57. The molecule has 1 N–H and O–H groups in total.